The lowest BCUT2D eigenvalue weighted by Crippen LogP contribution is -2.30. The summed E-state index contributed by atoms with van der Waals surface area (Å²) < 4.78 is 1.84. The summed E-state index contributed by atoms with van der Waals surface area (Å²) in [5.41, 5.74) is 2.14. The predicted octanol–water partition coefficient (Wildman–Crippen LogP) is 3.90. The second kappa shape index (κ2) is 6.78. The van der Waals surface area contributed by atoms with Gasteiger partial charge in [0, 0.05) is 29.7 Å². The van der Waals surface area contributed by atoms with Crippen molar-refractivity contribution in [2.45, 2.75) is 33.4 Å². The summed E-state index contributed by atoms with van der Waals surface area (Å²) >= 11 is 0. The molecule has 3 N–H and O–H groups in total. The molecule has 3 rings (SSSR count). The Kier molecular flexibility index (Phi) is 4.55. The summed E-state index contributed by atoms with van der Waals surface area (Å²) in [6.45, 7) is 6.82. The molecule has 0 spiro atoms. The molecule has 0 saturated heterocycles. The van der Waals surface area contributed by atoms with Gasteiger partial charge >= 0.3 is 6.03 Å². The van der Waals surface area contributed by atoms with Crippen LogP contribution in [-0.2, 0) is 6.54 Å². The van der Waals surface area contributed by atoms with Gasteiger partial charge in [-0.3, -0.25) is 5.32 Å². The smallest absolute Gasteiger partial charge is 0.320 e. The number of benzene rings is 1. The summed E-state index contributed by atoms with van der Waals surface area (Å²) in [7, 11) is 0. The van der Waals surface area contributed by atoms with Crippen molar-refractivity contribution < 1.29 is 4.79 Å². The quantitative estimate of drug-likeness (QED) is 0.665. The number of rotatable bonds is 5. The molecule has 2 aromatic heterocycles. The molecule has 6 heteroatoms. The van der Waals surface area contributed by atoms with Crippen LogP contribution in [0.5, 0.6) is 0 Å². The molecule has 2 amide bonds. The Balaban J connectivity index is 1.65. The monoisotopic (exact) mass is 325 g/mol. The van der Waals surface area contributed by atoms with E-state index in [9.17, 15) is 4.79 Å². The minimum Gasteiger partial charge on any atom is -0.361 e. The van der Waals surface area contributed by atoms with E-state index < -0.39 is 0 Å². The number of nitrogens with zero attached hydrogens (tertiary/aromatic N) is 2. The Bertz CT molecular complexity index is 833. The summed E-state index contributed by atoms with van der Waals surface area (Å²) in [4.78, 5) is 15.4. The van der Waals surface area contributed by atoms with E-state index in [0.717, 1.165) is 16.5 Å². The van der Waals surface area contributed by atoms with E-state index in [4.69, 9.17) is 0 Å². The van der Waals surface area contributed by atoms with Gasteiger partial charge in [0.05, 0.1) is 12.2 Å². The van der Waals surface area contributed by atoms with Crippen LogP contribution in [0.25, 0.3) is 10.9 Å². The topological polar surface area (TPSA) is 74.7 Å². The second-order valence-corrected chi connectivity index (χ2v) is 6.31. The number of amides is 2. The Morgan fingerprint density at radius 2 is 2.08 bits per heavy atom. The number of H-pyrrole nitrogens is 1. The first-order valence-electron chi connectivity index (χ1n) is 8.19. The highest BCUT2D eigenvalue weighted by atomic mass is 16.2. The van der Waals surface area contributed by atoms with Crippen LogP contribution in [0.3, 0.4) is 0 Å². The second-order valence-electron chi connectivity index (χ2n) is 6.31. The highest BCUT2D eigenvalue weighted by Gasteiger charge is 2.15. The van der Waals surface area contributed by atoms with E-state index in [1.165, 1.54) is 0 Å². The largest absolute Gasteiger partial charge is 0.361 e. The summed E-state index contributed by atoms with van der Waals surface area (Å²) in [5.74, 6) is 1.13. The molecular weight excluding hydrogens is 302 g/mol. The van der Waals surface area contributed by atoms with E-state index in [1.54, 1.807) is 6.20 Å². The third kappa shape index (κ3) is 3.27. The third-order valence-corrected chi connectivity index (χ3v) is 4.39. The van der Waals surface area contributed by atoms with E-state index >= 15 is 0 Å². The van der Waals surface area contributed by atoms with Gasteiger partial charge in [-0.2, -0.15) is 5.10 Å². The molecule has 1 atom stereocenters. The van der Waals surface area contributed by atoms with Crippen LogP contribution in [0.4, 0.5) is 10.6 Å². The molecule has 24 heavy (non-hydrogen) atoms. The minimum atomic E-state index is -0.236. The zero-order valence-electron chi connectivity index (χ0n) is 14.2. The SMILES string of the molecule is CC(C)C(C)n1nccc1NC(=O)NCc1cccc2[nH]ccc12. The van der Waals surface area contributed by atoms with Crippen molar-refractivity contribution in [3.8, 4) is 0 Å². The maximum atomic E-state index is 12.2. The van der Waals surface area contributed by atoms with Crippen LogP contribution in [-0.4, -0.2) is 20.8 Å². The first-order valence-corrected chi connectivity index (χ1v) is 8.19. The van der Waals surface area contributed by atoms with Gasteiger partial charge in [0.1, 0.15) is 5.82 Å². The fourth-order valence-electron chi connectivity index (χ4n) is 2.66. The van der Waals surface area contributed by atoms with Crippen LogP contribution in [0.1, 0.15) is 32.4 Å². The van der Waals surface area contributed by atoms with E-state index in [1.807, 2.05) is 41.2 Å². The first-order chi connectivity index (χ1) is 11.6. The summed E-state index contributed by atoms with van der Waals surface area (Å²) in [5, 5.41) is 11.2. The van der Waals surface area contributed by atoms with Crippen LogP contribution in [0, 0.1) is 5.92 Å². The number of urea groups is 1. The number of hydrogen-bond acceptors (Lipinski definition) is 2. The van der Waals surface area contributed by atoms with Crippen LogP contribution in [0.2, 0.25) is 0 Å². The van der Waals surface area contributed by atoms with Crippen molar-refractivity contribution in [3.05, 3.63) is 48.3 Å². The lowest BCUT2D eigenvalue weighted by Gasteiger charge is -2.19. The third-order valence-electron chi connectivity index (χ3n) is 4.39. The minimum absolute atomic E-state index is 0.212. The maximum absolute atomic E-state index is 12.2. The first kappa shape index (κ1) is 16.1. The zero-order chi connectivity index (χ0) is 17.1. The van der Waals surface area contributed by atoms with Crippen molar-refractivity contribution in [1.82, 2.24) is 20.1 Å². The average molecular weight is 325 g/mol. The van der Waals surface area contributed by atoms with Crippen molar-refractivity contribution in [2.24, 2.45) is 5.92 Å². The van der Waals surface area contributed by atoms with Crippen molar-refractivity contribution in [1.29, 1.82) is 0 Å². The maximum Gasteiger partial charge on any atom is 0.320 e. The summed E-state index contributed by atoms with van der Waals surface area (Å²) in [6.07, 6.45) is 3.61. The molecule has 0 radical (unpaired) electrons. The molecule has 0 bridgehead atoms. The molecule has 126 valence electrons. The number of carbonyl (C=O) groups is 1. The molecule has 3 aromatic rings. The highest BCUT2D eigenvalue weighted by Crippen LogP contribution is 2.21. The Morgan fingerprint density at radius 1 is 1.25 bits per heavy atom. The van der Waals surface area contributed by atoms with Crippen molar-refractivity contribution in [2.75, 3.05) is 5.32 Å². The zero-order valence-corrected chi connectivity index (χ0v) is 14.2. The van der Waals surface area contributed by atoms with Gasteiger partial charge in [0.25, 0.3) is 0 Å². The molecule has 0 aliphatic carbocycles. The number of aromatic amines is 1. The Hall–Kier alpha value is -2.76. The molecule has 0 saturated carbocycles. The van der Waals surface area contributed by atoms with Crippen LogP contribution < -0.4 is 10.6 Å². The average Bonchev–Trinajstić information content (AvgIpc) is 3.21. The Labute approximate surface area is 141 Å². The number of nitrogens with one attached hydrogen (secondary N) is 3. The summed E-state index contributed by atoms with van der Waals surface area (Å²) in [6, 6.07) is 9.82. The lowest BCUT2D eigenvalue weighted by molar-refractivity contribution is 0.251. The number of carbonyl (C=O) groups excluding carboxylic acids is 1. The van der Waals surface area contributed by atoms with Gasteiger partial charge in [-0.05, 0) is 30.5 Å². The molecule has 0 fully saturated rings. The van der Waals surface area contributed by atoms with Gasteiger partial charge in [-0.15, -0.1) is 0 Å². The highest BCUT2D eigenvalue weighted by molar-refractivity contribution is 5.89. The van der Waals surface area contributed by atoms with Gasteiger partial charge in [0.2, 0.25) is 0 Å². The predicted molar refractivity (Wildman–Crippen MR) is 95.9 cm³/mol. The number of fused-ring (bicyclic) bond motifs is 1. The van der Waals surface area contributed by atoms with Gasteiger partial charge in [-0.25, -0.2) is 9.48 Å². The van der Waals surface area contributed by atoms with Gasteiger partial charge in [-0.1, -0.05) is 26.0 Å². The molecule has 6 nitrogen and oxygen atoms in total. The van der Waals surface area contributed by atoms with Crippen LogP contribution >= 0.6 is 0 Å². The molecule has 0 aliphatic heterocycles. The molecule has 0 aliphatic rings. The van der Waals surface area contributed by atoms with Crippen LogP contribution in [0.15, 0.2) is 42.7 Å². The number of aromatic nitrogens is 3. The van der Waals surface area contributed by atoms with Crippen molar-refractivity contribution in [3.63, 3.8) is 0 Å². The fraction of sp³-hybridized carbons (Fsp3) is 0.333. The molecule has 2 heterocycles. The van der Waals surface area contributed by atoms with E-state index in [2.05, 4.69) is 41.5 Å². The van der Waals surface area contributed by atoms with E-state index in [0.29, 0.717) is 18.3 Å². The van der Waals surface area contributed by atoms with E-state index in [-0.39, 0.29) is 12.1 Å². The molecule has 1 aromatic carbocycles. The number of hydrogen-bond donors (Lipinski definition) is 3. The van der Waals surface area contributed by atoms with Gasteiger partial charge < -0.3 is 10.3 Å². The molecular formula is C18H23N5O. The number of anilines is 1. The lowest BCUT2D eigenvalue weighted by atomic mass is 10.1. The molecule has 1 unspecified atom stereocenters. The standard InChI is InChI=1S/C18H23N5O/c1-12(2)13(3)23-17(8-10-21-23)22-18(24)20-11-14-5-4-6-16-15(14)7-9-19-16/h4-10,12-13,19H,11H2,1-3H3,(H2,20,22,24). The van der Waals surface area contributed by atoms with Gasteiger partial charge in [0.15, 0.2) is 0 Å². The Morgan fingerprint density at radius 3 is 2.88 bits per heavy atom. The fourth-order valence-corrected chi connectivity index (χ4v) is 2.66. The normalized spacial score (nSPS) is 12.5. The van der Waals surface area contributed by atoms with Crippen molar-refractivity contribution >= 4 is 22.8 Å².